The molecule has 0 atom stereocenters. The third-order valence-corrected chi connectivity index (χ3v) is 3.52. The molecular formula is C16H22ClNO3. The summed E-state index contributed by atoms with van der Waals surface area (Å²) in [6.45, 7) is 4.31. The second kappa shape index (κ2) is 8.25. The maximum Gasteiger partial charge on any atom is 0.223 e. The Hall–Kier alpha value is -1.26. The minimum absolute atomic E-state index is 0.133. The number of halogens is 1. The Morgan fingerprint density at radius 2 is 2.19 bits per heavy atom. The van der Waals surface area contributed by atoms with Crippen LogP contribution in [0.4, 0.5) is 0 Å². The molecule has 0 saturated heterocycles. The van der Waals surface area contributed by atoms with Crippen molar-refractivity contribution in [1.82, 2.24) is 5.32 Å². The number of hydrogen-bond acceptors (Lipinski definition) is 3. The van der Waals surface area contributed by atoms with Crippen molar-refractivity contribution in [1.29, 1.82) is 0 Å². The Bertz CT molecular complexity index is 475. The van der Waals surface area contributed by atoms with Gasteiger partial charge in [-0.05, 0) is 37.0 Å². The van der Waals surface area contributed by atoms with Gasteiger partial charge in [-0.25, -0.2) is 0 Å². The number of nitrogens with one attached hydrogen (secondary N) is 1. The first-order chi connectivity index (χ1) is 10.2. The van der Waals surface area contributed by atoms with Crippen LogP contribution in [0.5, 0.6) is 5.75 Å². The Kier molecular flexibility index (Phi) is 6.33. The van der Waals surface area contributed by atoms with E-state index in [2.05, 4.69) is 12.2 Å². The van der Waals surface area contributed by atoms with Crippen molar-refractivity contribution in [2.45, 2.75) is 32.8 Å². The topological polar surface area (TPSA) is 47.6 Å². The van der Waals surface area contributed by atoms with E-state index < -0.39 is 0 Å². The van der Waals surface area contributed by atoms with E-state index in [-0.39, 0.29) is 11.8 Å². The molecule has 0 spiro atoms. The lowest BCUT2D eigenvalue weighted by Gasteiger charge is -2.10. The van der Waals surface area contributed by atoms with Crippen LogP contribution in [0, 0.1) is 5.92 Å². The van der Waals surface area contributed by atoms with Crippen molar-refractivity contribution in [3.63, 3.8) is 0 Å². The summed E-state index contributed by atoms with van der Waals surface area (Å²) < 4.78 is 11.1. The average Bonchev–Trinajstić information content (AvgIpc) is 3.30. The van der Waals surface area contributed by atoms with Crippen LogP contribution in [0.1, 0.15) is 31.7 Å². The molecule has 116 valence electrons. The van der Waals surface area contributed by atoms with Crippen molar-refractivity contribution >= 4 is 17.5 Å². The van der Waals surface area contributed by atoms with E-state index in [0.717, 1.165) is 31.4 Å². The molecule has 0 aromatic heterocycles. The Morgan fingerprint density at radius 1 is 1.38 bits per heavy atom. The number of hydrogen-bond donors (Lipinski definition) is 1. The highest BCUT2D eigenvalue weighted by molar-refractivity contribution is 6.32. The second-order valence-electron chi connectivity index (χ2n) is 5.23. The fraction of sp³-hybridized carbons (Fsp3) is 0.562. The number of benzene rings is 1. The summed E-state index contributed by atoms with van der Waals surface area (Å²) in [7, 11) is 0. The third kappa shape index (κ3) is 5.56. The van der Waals surface area contributed by atoms with Gasteiger partial charge in [-0.3, -0.25) is 4.79 Å². The van der Waals surface area contributed by atoms with Crippen LogP contribution >= 0.6 is 11.6 Å². The van der Waals surface area contributed by atoms with E-state index in [1.807, 2.05) is 18.2 Å². The average molecular weight is 312 g/mol. The fourth-order valence-electron chi connectivity index (χ4n) is 1.91. The molecule has 1 N–H and O–H groups in total. The van der Waals surface area contributed by atoms with Crippen molar-refractivity contribution < 1.29 is 14.3 Å². The van der Waals surface area contributed by atoms with Gasteiger partial charge in [0.05, 0.1) is 18.2 Å². The SMILES string of the molecule is CCCOCc1ccc(OCCNC(=O)C2CC2)c(Cl)c1. The van der Waals surface area contributed by atoms with Gasteiger partial charge in [-0.1, -0.05) is 24.6 Å². The number of rotatable bonds is 9. The summed E-state index contributed by atoms with van der Waals surface area (Å²) in [5.41, 5.74) is 1.03. The molecular weight excluding hydrogens is 290 g/mol. The monoisotopic (exact) mass is 311 g/mol. The number of carbonyl (C=O) groups excluding carboxylic acids is 1. The molecule has 4 nitrogen and oxygen atoms in total. The summed E-state index contributed by atoms with van der Waals surface area (Å²) in [6, 6.07) is 5.64. The van der Waals surface area contributed by atoms with E-state index in [4.69, 9.17) is 21.1 Å². The first kappa shape index (κ1) is 16.1. The summed E-state index contributed by atoms with van der Waals surface area (Å²) in [4.78, 5) is 11.4. The Balaban J connectivity index is 1.71. The highest BCUT2D eigenvalue weighted by atomic mass is 35.5. The smallest absolute Gasteiger partial charge is 0.223 e. The predicted octanol–water partition coefficient (Wildman–Crippen LogP) is 3.17. The quantitative estimate of drug-likeness (QED) is 0.713. The zero-order valence-electron chi connectivity index (χ0n) is 12.4. The maximum atomic E-state index is 11.4. The van der Waals surface area contributed by atoms with E-state index in [1.165, 1.54) is 0 Å². The van der Waals surface area contributed by atoms with Crippen molar-refractivity contribution in [3.8, 4) is 5.75 Å². The summed E-state index contributed by atoms with van der Waals surface area (Å²) in [5, 5.41) is 3.42. The molecule has 1 aliphatic carbocycles. The molecule has 1 aromatic carbocycles. The van der Waals surface area contributed by atoms with Gasteiger partial charge in [0.2, 0.25) is 5.91 Å². The zero-order valence-corrected chi connectivity index (χ0v) is 13.1. The fourth-order valence-corrected chi connectivity index (χ4v) is 2.17. The first-order valence-electron chi connectivity index (χ1n) is 7.47. The normalized spacial score (nSPS) is 14.0. The number of carbonyl (C=O) groups is 1. The molecule has 0 aliphatic heterocycles. The van der Waals surface area contributed by atoms with Crippen LogP contribution in [0.2, 0.25) is 5.02 Å². The van der Waals surface area contributed by atoms with E-state index >= 15 is 0 Å². The van der Waals surface area contributed by atoms with E-state index in [9.17, 15) is 4.79 Å². The lowest BCUT2D eigenvalue weighted by atomic mass is 10.2. The lowest BCUT2D eigenvalue weighted by molar-refractivity contribution is -0.122. The van der Waals surface area contributed by atoms with E-state index in [0.29, 0.717) is 30.5 Å². The van der Waals surface area contributed by atoms with E-state index in [1.54, 1.807) is 0 Å². The number of amides is 1. The van der Waals surface area contributed by atoms with Gasteiger partial charge in [0.25, 0.3) is 0 Å². The van der Waals surface area contributed by atoms with Crippen LogP contribution in [-0.4, -0.2) is 25.7 Å². The minimum atomic E-state index is 0.133. The zero-order chi connectivity index (χ0) is 15.1. The molecule has 1 aliphatic rings. The van der Waals surface area contributed by atoms with Gasteiger partial charge in [0.15, 0.2) is 0 Å². The molecule has 0 radical (unpaired) electrons. The van der Waals surface area contributed by atoms with Crippen LogP contribution in [0.15, 0.2) is 18.2 Å². The molecule has 1 amide bonds. The highest BCUT2D eigenvalue weighted by Gasteiger charge is 2.29. The Morgan fingerprint density at radius 3 is 2.86 bits per heavy atom. The van der Waals surface area contributed by atoms with Gasteiger partial charge in [-0.15, -0.1) is 0 Å². The van der Waals surface area contributed by atoms with Crippen molar-refractivity contribution in [3.05, 3.63) is 28.8 Å². The molecule has 0 bridgehead atoms. The molecule has 0 unspecified atom stereocenters. The van der Waals surface area contributed by atoms with Crippen LogP contribution in [0.25, 0.3) is 0 Å². The van der Waals surface area contributed by atoms with Crippen LogP contribution in [0.3, 0.4) is 0 Å². The largest absolute Gasteiger partial charge is 0.490 e. The van der Waals surface area contributed by atoms with Gasteiger partial charge < -0.3 is 14.8 Å². The van der Waals surface area contributed by atoms with Crippen LogP contribution in [-0.2, 0) is 16.1 Å². The molecule has 0 heterocycles. The number of ether oxygens (including phenoxy) is 2. The van der Waals surface area contributed by atoms with Crippen molar-refractivity contribution in [2.24, 2.45) is 5.92 Å². The third-order valence-electron chi connectivity index (χ3n) is 3.22. The highest BCUT2D eigenvalue weighted by Crippen LogP contribution is 2.28. The van der Waals surface area contributed by atoms with Gasteiger partial charge in [0, 0.05) is 12.5 Å². The summed E-state index contributed by atoms with van der Waals surface area (Å²) >= 11 is 6.18. The first-order valence-corrected chi connectivity index (χ1v) is 7.85. The van der Waals surface area contributed by atoms with Crippen LogP contribution < -0.4 is 10.1 Å². The summed E-state index contributed by atoms with van der Waals surface area (Å²) in [6.07, 6.45) is 3.03. The van der Waals surface area contributed by atoms with Gasteiger partial charge >= 0.3 is 0 Å². The maximum absolute atomic E-state index is 11.4. The molecule has 1 aromatic rings. The lowest BCUT2D eigenvalue weighted by Crippen LogP contribution is -2.29. The Labute approximate surface area is 130 Å². The molecule has 2 rings (SSSR count). The minimum Gasteiger partial charge on any atom is -0.490 e. The predicted molar refractivity (Wildman–Crippen MR) is 82.6 cm³/mol. The molecule has 21 heavy (non-hydrogen) atoms. The van der Waals surface area contributed by atoms with Gasteiger partial charge in [0.1, 0.15) is 12.4 Å². The molecule has 5 heteroatoms. The van der Waals surface area contributed by atoms with Gasteiger partial charge in [-0.2, -0.15) is 0 Å². The standard InChI is InChI=1S/C16H22ClNO3/c1-2-8-20-11-12-3-6-15(14(17)10-12)21-9-7-18-16(19)13-4-5-13/h3,6,10,13H,2,4-5,7-9,11H2,1H3,(H,18,19). The van der Waals surface area contributed by atoms with Crippen molar-refractivity contribution in [2.75, 3.05) is 19.8 Å². The second-order valence-corrected chi connectivity index (χ2v) is 5.64. The molecule has 1 saturated carbocycles. The molecule has 1 fully saturated rings. The summed E-state index contributed by atoms with van der Waals surface area (Å²) in [5.74, 6) is 1.00.